The van der Waals surface area contributed by atoms with Gasteiger partial charge in [-0.1, -0.05) is 0 Å². The van der Waals surface area contributed by atoms with Crippen molar-refractivity contribution < 1.29 is 19.4 Å². The minimum Gasteiger partial charge on any atom is -0.481 e. The predicted molar refractivity (Wildman–Crippen MR) is 78.1 cm³/mol. The average Bonchev–Trinajstić information content (AvgIpc) is 2.69. The van der Waals surface area contributed by atoms with Gasteiger partial charge < -0.3 is 19.6 Å². The fraction of sp³-hybridized carbons (Fsp3) is 0.867. The van der Waals surface area contributed by atoms with Crippen LogP contribution in [0.3, 0.4) is 0 Å². The molecule has 1 N–H and O–H groups in total. The Labute approximate surface area is 126 Å². The zero-order valence-electron chi connectivity index (χ0n) is 13.0. The summed E-state index contributed by atoms with van der Waals surface area (Å²) >= 11 is 0. The zero-order valence-corrected chi connectivity index (χ0v) is 13.0. The van der Waals surface area contributed by atoms with Crippen LogP contribution in [0.15, 0.2) is 0 Å². The Morgan fingerprint density at radius 2 is 1.90 bits per heavy atom. The molecule has 2 aliphatic heterocycles. The Kier molecular flexibility index (Phi) is 5.45. The van der Waals surface area contributed by atoms with Crippen LogP contribution >= 0.6 is 0 Å². The van der Waals surface area contributed by atoms with E-state index in [4.69, 9.17) is 9.84 Å². The number of hydrogen-bond acceptors (Lipinski definition) is 3. The molecule has 120 valence electrons. The summed E-state index contributed by atoms with van der Waals surface area (Å²) in [6, 6.07) is 0.501. The summed E-state index contributed by atoms with van der Waals surface area (Å²) in [5.41, 5.74) is 0. The van der Waals surface area contributed by atoms with Gasteiger partial charge in [0.25, 0.3) is 0 Å². The molecule has 6 nitrogen and oxygen atoms in total. The Balaban J connectivity index is 1.90. The first-order chi connectivity index (χ1) is 10.0. The van der Waals surface area contributed by atoms with Gasteiger partial charge in [-0.15, -0.1) is 0 Å². The molecule has 2 heterocycles. The van der Waals surface area contributed by atoms with E-state index in [1.165, 1.54) is 0 Å². The summed E-state index contributed by atoms with van der Waals surface area (Å²) in [5.74, 6) is -0.509. The highest BCUT2D eigenvalue weighted by atomic mass is 16.5. The predicted octanol–water partition coefficient (Wildman–Crippen LogP) is 1.79. The SMILES string of the molecule is CCOCCN(C)C(=O)N1C2CCC1CC(CC(=O)O)C2. The van der Waals surface area contributed by atoms with Crippen molar-refractivity contribution in [2.75, 3.05) is 26.8 Å². The molecule has 2 unspecified atom stereocenters. The number of aliphatic carboxylic acids is 1. The molecule has 0 spiro atoms. The van der Waals surface area contributed by atoms with E-state index < -0.39 is 5.97 Å². The molecular weight excluding hydrogens is 272 g/mol. The smallest absolute Gasteiger partial charge is 0.320 e. The van der Waals surface area contributed by atoms with Gasteiger partial charge in [0.1, 0.15) is 0 Å². The van der Waals surface area contributed by atoms with Gasteiger partial charge in [0, 0.05) is 38.7 Å². The highest BCUT2D eigenvalue weighted by molar-refractivity contribution is 5.75. The van der Waals surface area contributed by atoms with E-state index in [1.54, 1.807) is 4.90 Å². The van der Waals surface area contributed by atoms with Crippen molar-refractivity contribution in [2.45, 2.75) is 51.1 Å². The Hall–Kier alpha value is -1.30. The van der Waals surface area contributed by atoms with Crippen molar-refractivity contribution in [3.8, 4) is 0 Å². The third-order valence-corrected chi connectivity index (χ3v) is 4.62. The number of ether oxygens (including phenoxy) is 1. The molecule has 2 bridgehead atoms. The molecule has 0 aromatic rings. The van der Waals surface area contributed by atoms with Gasteiger partial charge in [-0.25, -0.2) is 4.79 Å². The highest BCUT2D eigenvalue weighted by Crippen LogP contribution is 2.40. The Morgan fingerprint density at radius 1 is 1.29 bits per heavy atom. The lowest BCUT2D eigenvalue weighted by Gasteiger charge is -2.40. The van der Waals surface area contributed by atoms with Gasteiger partial charge in [-0.2, -0.15) is 0 Å². The lowest BCUT2D eigenvalue weighted by Crippen LogP contribution is -2.52. The minimum atomic E-state index is -0.729. The van der Waals surface area contributed by atoms with Crippen LogP contribution < -0.4 is 0 Å². The van der Waals surface area contributed by atoms with Gasteiger partial charge in [-0.05, 0) is 38.5 Å². The average molecular weight is 298 g/mol. The van der Waals surface area contributed by atoms with E-state index in [-0.39, 0.29) is 30.5 Å². The van der Waals surface area contributed by atoms with Gasteiger partial charge in [0.15, 0.2) is 0 Å². The highest BCUT2D eigenvalue weighted by Gasteiger charge is 2.44. The van der Waals surface area contributed by atoms with Crippen LogP contribution in [0.5, 0.6) is 0 Å². The van der Waals surface area contributed by atoms with Gasteiger partial charge in [0.2, 0.25) is 0 Å². The van der Waals surface area contributed by atoms with Crippen LogP contribution in [0, 0.1) is 5.92 Å². The van der Waals surface area contributed by atoms with Crippen molar-refractivity contribution in [1.29, 1.82) is 0 Å². The molecule has 2 fully saturated rings. The lowest BCUT2D eigenvalue weighted by atomic mass is 9.88. The molecule has 2 rings (SSSR count). The first-order valence-electron chi connectivity index (χ1n) is 7.85. The maximum absolute atomic E-state index is 12.6. The molecule has 2 amide bonds. The van der Waals surface area contributed by atoms with E-state index >= 15 is 0 Å². The number of nitrogens with zero attached hydrogens (tertiary/aromatic N) is 2. The number of rotatable bonds is 6. The zero-order chi connectivity index (χ0) is 15.4. The van der Waals surface area contributed by atoms with Crippen molar-refractivity contribution in [1.82, 2.24) is 9.80 Å². The summed E-state index contributed by atoms with van der Waals surface area (Å²) in [4.78, 5) is 27.1. The van der Waals surface area contributed by atoms with Crippen LogP contribution in [0.2, 0.25) is 0 Å². The number of urea groups is 1. The maximum Gasteiger partial charge on any atom is 0.320 e. The number of carbonyl (C=O) groups is 2. The fourth-order valence-electron chi connectivity index (χ4n) is 3.65. The quantitative estimate of drug-likeness (QED) is 0.759. The number of hydrogen-bond donors (Lipinski definition) is 1. The molecule has 0 radical (unpaired) electrons. The summed E-state index contributed by atoms with van der Waals surface area (Å²) in [5, 5.41) is 8.94. The number of carbonyl (C=O) groups excluding carboxylic acids is 1. The number of fused-ring (bicyclic) bond motifs is 2. The van der Waals surface area contributed by atoms with Gasteiger partial charge >= 0.3 is 12.0 Å². The number of carboxylic acids is 1. The fourth-order valence-corrected chi connectivity index (χ4v) is 3.65. The van der Waals surface area contributed by atoms with Crippen LogP contribution in [0.4, 0.5) is 4.79 Å². The van der Waals surface area contributed by atoms with Crippen LogP contribution in [-0.4, -0.2) is 65.8 Å². The molecule has 0 aliphatic carbocycles. The summed E-state index contributed by atoms with van der Waals surface area (Å²) < 4.78 is 5.29. The van der Waals surface area contributed by atoms with E-state index in [0.717, 1.165) is 25.7 Å². The second-order valence-electron chi connectivity index (χ2n) is 6.13. The van der Waals surface area contributed by atoms with Crippen molar-refractivity contribution in [3.05, 3.63) is 0 Å². The van der Waals surface area contributed by atoms with Crippen LogP contribution in [0.25, 0.3) is 0 Å². The lowest BCUT2D eigenvalue weighted by molar-refractivity contribution is -0.138. The summed E-state index contributed by atoms with van der Waals surface area (Å²) in [6.45, 7) is 3.76. The minimum absolute atomic E-state index is 0.0657. The summed E-state index contributed by atoms with van der Waals surface area (Å²) in [7, 11) is 1.81. The van der Waals surface area contributed by atoms with E-state index in [0.29, 0.717) is 19.8 Å². The summed E-state index contributed by atoms with van der Waals surface area (Å²) in [6.07, 6.45) is 3.90. The molecular formula is C15H26N2O4. The molecule has 0 aromatic carbocycles. The van der Waals surface area contributed by atoms with Crippen LogP contribution in [0.1, 0.15) is 39.0 Å². The third kappa shape index (κ3) is 3.87. The van der Waals surface area contributed by atoms with Crippen molar-refractivity contribution in [3.63, 3.8) is 0 Å². The van der Waals surface area contributed by atoms with E-state index in [9.17, 15) is 9.59 Å². The second-order valence-corrected chi connectivity index (χ2v) is 6.13. The number of likely N-dealkylation sites (N-methyl/N-ethyl adjacent to an activating group) is 1. The molecule has 2 saturated heterocycles. The monoisotopic (exact) mass is 298 g/mol. The molecule has 6 heteroatoms. The first-order valence-corrected chi connectivity index (χ1v) is 7.85. The molecule has 0 saturated carbocycles. The second kappa shape index (κ2) is 7.11. The van der Waals surface area contributed by atoms with Crippen molar-refractivity contribution in [2.24, 2.45) is 5.92 Å². The Bertz CT molecular complexity index is 374. The molecule has 0 aromatic heterocycles. The van der Waals surface area contributed by atoms with Gasteiger partial charge in [-0.3, -0.25) is 4.79 Å². The third-order valence-electron chi connectivity index (χ3n) is 4.62. The topological polar surface area (TPSA) is 70.1 Å². The first kappa shape index (κ1) is 16.1. The van der Waals surface area contributed by atoms with Crippen LogP contribution in [-0.2, 0) is 9.53 Å². The Morgan fingerprint density at radius 3 is 2.43 bits per heavy atom. The molecule has 21 heavy (non-hydrogen) atoms. The van der Waals surface area contributed by atoms with E-state index in [2.05, 4.69) is 0 Å². The van der Waals surface area contributed by atoms with E-state index in [1.807, 2.05) is 18.9 Å². The number of amides is 2. The normalized spacial score (nSPS) is 27.7. The standard InChI is InChI=1S/C15H26N2O4/c1-3-21-7-6-16(2)15(20)17-12-4-5-13(17)9-11(8-12)10-14(18)19/h11-13H,3-10H2,1-2H3,(H,18,19). The largest absolute Gasteiger partial charge is 0.481 e. The number of piperidine rings is 1. The number of carboxylic acid groups (broad SMARTS) is 1. The maximum atomic E-state index is 12.6. The van der Waals surface area contributed by atoms with Gasteiger partial charge in [0.05, 0.1) is 6.61 Å². The van der Waals surface area contributed by atoms with Crippen molar-refractivity contribution >= 4 is 12.0 Å². The molecule has 2 atom stereocenters. The molecule has 2 aliphatic rings.